The summed E-state index contributed by atoms with van der Waals surface area (Å²) in [5, 5.41) is 15.7. The van der Waals surface area contributed by atoms with Gasteiger partial charge in [-0.1, -0.05) is 110 Å². The maximum Gasteiger partial charge on any atom is 0.320 e. The van der Waals surface area contributed by atoms with Crippen molar-refractivity contribution < 1.29 is 14.7 Å². The first kappa shape index (κ1) is 29.7. The van der Waals surface area contributed by atoms with Crippen LogP contribution in [0.4, 0.5) is 11.4 Å². The number of hydrogen-bond acceptors (Lipinski definition) is 3. The number of aliphatic carboxylic acids is 1. The Hall–Kier alpha value is -4.32. The average Bonchev–Trinajstić information content (AvgIpc) is 3.38. The lowest BCUT2D eigenvalue weighted by Crippen LogP contribution is -2.42. The number of carboxylic acids is 1. The lowest BCUT2D eigenvalue weighted by Gasteiger charge is -2.35. The highest BCUT2D eigenvalue weighted by Crippen LogP contribution is 2.47. The van der Waals surface area contributed by atoms with E-state index >= 15 is 0 Å². The summed E-state index contributed by atoms with van der Waals surface area (Å²) in [6, 6.07) is 33.7. The molecule has 1 heterocycles. The van der Waals surface area contributed by atoms with Crippen LogP contribution in [0, 0.1) is 5.41 Å². The molecule has 1 aliphatic carbocycles. The lowest BCUT2D eigenvalue weighted by molar-refractivity contribution is -0.142. The van der Waals surface area contributed by atoms with Gasteiger partial charge in [-0.2, -0.15) is 0 Å². The second-order valence-electron chi connectivity index (χ2n) is 12.1. The number of nitrogens with one attached hydrogen (secondary N) is 1. The summed E-state index contributed by atoms with van der Waals surface area (Å²) in [6.45, 7) is 4.16. The second-order valence-corrected chi connectivity index (χ2v) is 13.0. The van der Waals surface area contributed by atoms with Crippen molar-refractivity contribution in [3.63, 3.8) is 0 Å². The number of anilines is 2. The van der Waals surface area contributed by atoms with Crippen molar-refractivity contribution >= 4 is 46.3 Å². The molecule has 0 aliphatic heterocycles. The number of carbonyl (C=O) groups is 2. The van der Waals surface area contributed by atoms with E-state index in [0.717, 1.165) is 16.9 Å². The first-order chi connectivity index (χ1) is 21.1. The molecule has 44 heavy (non-hydrogen) atoms. The minimum absolute atomic E-state index is 0.0143. The molecule has 0 amide bonds. The van der Waals surface area contributed by atoms with Crippen LogP contribution in [0.15, 0.2) is 109 Å². The topological polar surface area (TPSA) is 71.3 Å². The van der Waals surface area contributed by atoms with Crippen LogP contribution in [-0.2, 0) is 23.1 Å². The quantitative estimate of drug-likeness (QED) is 0.181. The SMILES string of the molecule is CC1(C)CC(=O)c2cc(C(Cc3ccccc3)(C(=O)O)c3ccccc3Nc3c(Cl)cccc3Cl)n(-c3ccccc3)c2C1. The van der Waals surface area contributed by atoms with E-state index in [1.807, 2.05) is 95.6 Å². The Balaban J connectivity index is 1.70. The minimum atomic E-state index is -1.63. The molecule has 2 N–H and O–H groups in total. The number of rotatable bonds is 8. The fraction of sp³-hybridized carbons (Fsp3) is 0.189. The average molecular weight is 624 g/mol. The Kier molecular flexibility index (Phi) is 7.87. The Morgan fingerprint density at radius 3 is 2.14 bits per heavy atom. The number of benzene rings is 4. The number of halogens is 2. The first-order valence-corrected chi connectivity index (χ1v) is 15.3. The summed E-state index contributed by atoms with van der Waals surface area (Å²) in [7, 11) is 0. The molecule has 0 saturated heterocycles. The van der Waals surface area contributed by atoms with E-state index < -0.39 is 11.4 Å². The van der Waals surface area contributed by atoms with Gasteiger partial charge < -0.3 is 15.0 Å². The molecule has 0 saturated carbocycles. The number of hydrogen-bond donors (Lipinski definition) is 2. The smallest absolute Gasteiger partial charge is 0.320 e. The highest BCUT2D eigenvalue weighted by atomic mass is 35.5. The number of para-hydroxylation sites is 3. The highest BCUT2D eigenvalue weighted by molar-refractivity contribution is 6.39. The summed E-state index contributed by atoms with van der Waals surface area (Å²) in [5.41, 5.74) is 3.18. The molecular weight excluding hydrogens is 591 g/mol. The molecule has 1 aliphatic rings. The Morgan fingerprint density at radius 2 is 1.48 bits per heavy atom. The van der Waals surface area contributed by atoms with Gasteiger partial charge in [0.15, 0.2) is 5.78 Å². The molecule has 0 fully saturated rings. The van der Waals surface area contributed by atoms with E-state index in [9.17, 15) is 14.7 Å². The minimum Gasteiger partial charge on any atom is -0.480 e. The van der Waals surface area contributed by atoms with E-state index in [2.05, 4.69) is 19.2 Å². The number of carbonyl (C=O) groups excluding carboxylic acids is 1. The van der Waals surface area contributed by atoms with Gasteiger partial charge in [-0.25, -0.2) is 0 Å². The van der Waals surface area contributed by atoms with Crippen molar-refractivity contribution in [2.75, 3.05) is 5.32 Å². The van der Waals surface area contributed by atoms with Gasteiger partial charge in [0.2, 0.25) is 0 Å². The Labute approximate surface area is 267 Å². The van der Waals surface area contributed by atoms with Crippen LogP contribution >= 0.6 is 23.2 Å². The van der Waals surface area contributed by atoms with Crippen LogP contribution in [0.2, 0.25) is 10.0 Å². The van der Waals surface area contributed by atoms with Gasteiger partial charge in [0, 0.05) is 34.7 Å². The number of Topliss-reactive ketones (excluding diaryl/α,β-unsaturated/α-hetero) is 1. The van der Waals surface area contributed by atoms with Crippen LogP contribution in [0.3, 0.4) is 0 Å². The summed E-state index contributed by atoms with van der Waals surface area (Å²) in [5.74, 6) is -1.03. The third-order valence-electron chi connectivity index (χ3n) is 8.43. The first-order valence-electron chi connectivity index (χ1n) is 14.5. The summed E-state index contributed by atoms with van der Waals surface area (Å²) in [6.07, 6.45) is 1.14. The van der Waals surface area contributed by atoms with E-state index in [-0.39, 0.29) is 17.6 Å². The molecule has 5 aromatic rings. The maximum absolute atomic E-state index is 14.1. The predicted molar refractivity (Wildman–Crippen MR) is 177 cm³/mol. The van der Waals surface area contributed by atoms with Crippen molar-refractivity contribution in [1.29, 1.82) is 0 Å². The standard InChI is InChI=1S/C37H32Cl2N2O3/c1-36(2)22-31-26(32(42)23-36)20-33(41(31)25-14-7-4-8-15-25)37(35(43)44,21-24-12-5-3-6-13-24)27-16-9-10-19-30(27)40-34-28(38)17-11-18-29(34)39/h3-20,40H,21-23H2,1-2H3,(H,43,44). The van der Waals surface area contributed by atoms with Crippen molar-refractivity contribution in [3.05, 3.63) is 147 Å². The van der Waals surface area contributed by atoms with E-state index in [1.54, 1.807) is 18.2 Å². The molecule has 7 heteroatoms. The van der Waals surface area contributed by atoms with Crippen molar-refractivity contribution in [3.8, 4) is 5.69 Å². The van der Waals surface area contributed by atoms with Crippen molar-refractivity contribution in [2.24, 2.45) is 5.41 Å². The third kappa shape index (κ3) is 5.31. The van der Waals surface area contributed by atoms with Crippen LogP contribution < -0.4 is 5.32 Å². The summed E-state index contributed by atoms with van der Waals surface area (Å²) in [4.78, 5) is 27.8. The van der Waals surface area contributed by atoms with Gasteiger partial charge in [-0.3, -0.25) is 9.59 Å². The molecule has 1 atom stereocenters. The van der Waals surface area contributed by atoms with Gasteiger partial charge in [0.25, 0.3) is 0 Å². The number of fused-ring (bicyclic) bond motifs is 1. The molecule has 4 aromatic carbocycles. The van der Waals surface area contributed by atoms with Gasteiger partial charge >= 0.3 is 5.97 Å². The molecule has 0 spiro atoms. The number of aromatic nitrogens is 1. The Bertz CT molecular complexity index is 1840. The van der Waals surface area contributed by atoms with E-state index in [0.29, 0.717) is 51.1 Å². The monoisotopic (exact) mass is 622 g/mol. The van der Waals surface area contributed by atoms with Crippen LogP contribution in [0.25, 0.3) is 5.69 Å². The van der Waals surface area contributed by atoms with Crippen molar-refractivity contribution in [1.82, 2.24) is 4.57 Å². The van der Waals surface area contributed by atoms with Crippen molar-refractivity contribution in [2.45, 2.75) is 38.5 Å². The predicted octanol–water partition coefficient (Wildman–Crippen LogP) is 9.30. The molecular formula is C37H32Cl2N2O3. The van der Waals surface area contributed by atoms with Gasteiger partial charge in [0.05, 0.1) is 15.7 Å². The lowest BCUT2D eigenvalue weighted by atomic mass is 9.71. The maximum atomic E-state index is 14.1. The van der Waals surface area contributed by atoms with Crippen LogP contribution in [0.1, 0.15) is 53.1 Å². The number of nitrogens with zero attached hydrogens (tertiary/aromatic N) is 1. The van der Waals surface area contributed by atoms with Gasteiger partial charge in [0.1, 0.15) is 5.41 Å². The third-order valence-corrected chi connectivity index (χ3v) is 9.06. The molecule has 222 valence electrons. The largest absolute Gasteiger partial charge is 0.480 e. The van der Waals surface area contributed by atoms with Gasteiger partial charge in [-0.05, 0) is 65.8 Å². The molecule has 6 rings (SSSR count). The second kappa shape index (κ2) is 11.6. The molecule has 5 nitrogen and oxygen atoms in total. The van der Waals surface area contributed by atoms with Crippen LogP contribution in [-0.4, -0.2) is 21.4 Å². The molecule has 1 aromatic heterocycles. The zero-order valence-corrected chi connectivity index (χ0v) is 26.0. The van der Waals surface area contributed by atoms with E-state index in [1.165, 1.54) is 0 Å². The normalized spacial score (nSPS) is 15.3. The number of carboxylic acid groups (broad SMARTS) is 1. The fourth-order valence-electron chi connectivity index (χ4n) is 6.44. The molecule has 0 bridgehead atoms. The fourth-order valence-corrected chi connectivity index (χ4v) is 6.93. The number of ketones is 1. The zero-order chi connectivity index (χ0) is 31.1. The molecule has 1 unspecified atom stereocenters. The summed E-state index contributed by atoms with van der Waals surface area (Å²) < 4.78 is 2.00. The summed E-state index contributed by atoms with van der Waals surface area (Å²) >= 11 is 13.1. The van der Waals surface area contributed by atoms with E-state index in [4.69, 9.17) is 23.2 Å². The zero-order valence-electron chi connectivity index (χ0n) is 24.5. The molecule has 0 radical (unpaired) electrons. The Morgan fingerprint density at radius 1 is 0.864 bits per heavy atom. The highest BCUT2D eigenvalue weighted by Gasteiger charge is 2.49. The van der Waals surface area contributed by atoms with Crippen LogP contribution in [0.5, 0.6) is 0 Å². The van der Waals surface area contributed by atoms with Gasteiger partial charge in [-0.15, -0.1) is 0 Å².